The minimum Gasteiger partial charge on any atom is -0.488 e. The molecule has 0 bridgehead atoms. The first kappa shape index (κ1) is 13.4. The van der Waals surface area contributed by atoms with Gasteiger partial charge in [0.1, 0.15) is 5.75 Å². The van der Waals surface area contributed by atoms with Crippen LogP contribution in [0.3, 0.4) is 0 Å². The predicted molar refractivity (Wildman–Crippen MR) is 73.5 cm³/mol. The van der Waals surface area contributed by atoms with Crippen LogP contribution in [-0.4, -0.2) is 12.4 Å². The maximum atomic E-state index is 11.0. The second-order valence-corrected chi connectivity index (χ2v) is 5.35. The Kier molecular flexibility index (Phi) is 4.65. The Balaban J connectivity index is 2.04. The summed E-state index contributed by atoms with van der Waals surface area (Å²) in [5, 5.41) is 0.525. The van der Waals surface area contributed by atoms with Crippen molar-refractivity contribution in [2.75, 3.05) is 0 Å². The molecule has 1 aromatic rings. The number of rotatable bonds is 4. The van der Waals surface area contributed by atoms with Gasteiger partial charge in [0.25, 0.3) is 0 Å². The number of hydrogen-bond acceptors (Lipinski definition) is 2. The predicted octanol–water partition coefficient (Wildman–Crippen LogP) is 4.50. The Morgan fingerprint density at radius 2 is 2.06 bits per heavy atom. The minimum atomic E-state index is 0.200. The number of aldehydes is 1. The zero-order chi connectivity index (χ0) is 13.0. The lowest BCUT2D eigenvalue weighted by Crippen LogP contribution is -2.24. The zero-order valence-corrected chi connectivity index (χ0v) is 11.5. The van der Waals surface area contributed by atoms with Crippen molar-refractivity contribution in [3.8, 4) is 5.75 Å². The molecule has 0 N–H and O–H groups in total. The topological polar surface area (TPSA) is 26.3 Å². The molecule has 0 atom stereocenters. The van der Waals surface area contributed by atoms with Crippen molar-refractivity contribution in [2.24, 2.45) is 5.92 Å². The summed E-state index contributed by atoms with van der Waals surface area (Å²) < 4.78 is 5.94. The third-order valence-electron chi connectivity index (χ3n) is 3.78. The summed E-state index contributed by atoms with van der Waals surface area (Å²) in [7, 11) is 0. The van der Waals surface area contributed by atoms with Gasteiger partial charge >= 0.3 is 0 Å². The van der Waals surface area contributed by atoms with Crippen LogP contribution in [0.5, 0.6) is 5.75 Å². The van der Waals surface area contributed by atoms with Gasteiger partial charge in [-0.15, -0.1) is 0 Å². The molecule has 0 aromatic heterocycles. The SMILES string of the molecule is CCC1CCC(Oc2c(Cl)cccc2C=O)CC1. The Labute approximate surface area is 113 Å². The Hall–Kier alpha value is -1.02. The smallest absolute Gasteiger partial charge is 0.153 e. The Bertz CT molecular complexity index is 409. The molecule has 0 radical (unpaired) electrons. The number of halogens is 1. The van der Waals surface area contributed by atoms with Gasteiger partial charge in [-0.25, -0.2) is 0 Å². The van der Waals surface area contributed by atoms with E-state index in [2.05, 4.69) is 6.92 Å². The summed E-state index contributed by atoms with van der Waals surface area (Å²) in [4.78, 5) is 11.0. The highest BCUT2D eigenvalue weighted by molar-refractivity contribution is 6.32. The molecule has 2 rings (SSSR count). The zero-order valence-electron chi connectivity index (χ0n) is 10.7. The van der Waals surface area contributed by atoms with E-state index < -0.39 is 0 Å². The minimum absolute atomic E-state index is 0.200. The van der Waals surface area contributed by atoms with Gasteiger partial charge < -0.3 is 4.74 Å². The molecule has 1 saturated carbocycles. The van der Waals surface area contributed by atoms with E-state index in [9.17, 15) is 4.79 Å². The molecule has 1 aromatic carbocycles. The van der Waals surface area contributed by atoms with Gasteiger partial charge in [0.2, 0.25) is 0 Å². The third-order valence-corrected chi connectivity index (χ3v) is 4.08. The van der Waals surface area contributed by atoms with Crippen molar-refractivity contribution in [2.45, 2.75) is 45.1 Å². The summed E-state index contributed by atoms with van der Waals surface area (Å²) in [6.45, 7) is 2.24. The number of ether oxygens (including phenoxy) is 1. The van der Waals surface area contributed by atoms with E-state index in [1.165, 1.54) is 19.3 Å². The van der Waals surface area contributed by atoms with Gasteiger partial charge in [-0.3, -0.25) is 4.79 Å². The Morgan fingerprint density at radius 1 is 1.33 bits per heavy atom. The fourth-order valence-electron chi connectivity index (χ4n) is 2.57. The monoisotopic (exact) mass is 266 g/mol. The average Bonchev–Trinajstić information content (AvgIpc) is 2.42. The van der Waals surface area contributed by atoms with E-state index in [1.54, 1.807) is 18.2 Å². The van der Waals surface area contributed by atoms with Gasteiger partial charge in [0.15, 0.2) is 6.29 Å². The lowest BCUT2D eigenvalue weighted by molar-refractivity contribution is 0.109. The summed E-state index contributed by atoms with van der Waals surface area (Å²) in [6, 6.07) is 5.28. The van der Waals surface area contributed by atoms with Gasteiger partial charge in [0, 0.05) is 0 Å². The molecule has 18 heavy (non-hydrogen) atoms. The van der Waals surface area contributed by atoms with Crippen LogP contribution in [0.25, 0.3) is 0 Å². The third kappa shape index (κ3) is 3.05. The number of benzene rings is 1. The molecule has 2 nitrogen and oxygen atoms in total. The molecule has 1 aliphatic carbocycles. The summed E-state index contributed by atoms with van der Waals surface area (Å²) in [5.74, 6) is 1.38. The van der Waals surface area contributed by atoms with E-state index in [-0.39, 0.29) is 6.10 Å². The van der Waals surface area contributed by atoms with Crippen LogP contribution in [0, 0.1) is 5.92 Å². The second-order valence-electron chi connectivity index (χ2n) is 4.94. The van der Waals surface area contributed by atoms with Crippen LogP contribution >= 0.6 is 11.6 Å². The first-order valence-corrected chi connectivity index (χ1v) is 7.02. The van der Waals surface area contributed by atoms with Crippen molar-refractivity contribution in [1.29, 1.82) is 0 Å². The molecular weight excluding hydrogens is 248 g/mol. The van der Waals surface area contributed by atoms with Crippen LogP contribution < -0.4 is 4.74 Å². The first-order chi connectivity index (χ1) is 8.74. The summed E-state index contributed by atoms with van der Waals surface area (Å²) >= 11 is 6.10. The molecule has 98 valence electrons. The molecule has 3 heteroatoms. The number of para-hydroxylation sites is 1. The molecule has 1 aliphatic rings. The lowest BCUT2D eigenvalue weighted by atomic mass is 9.86. The molecule has 1 fully saturated rings. The van der Waals surface area contributed by atoms with E-state index >= 15 is 0 Å². The number of carbonyl (C=O) groups is 1. The maximum absolute atomic E-state index is 11.0. The van der Waals surface area contributed by atoms with E-state index in [4.69, 9.17) is 16.3 Å². The standard InChI is InChI=1S/C15H19ClO2/c1-2-11-6-8-13(9-7-11)18-15-12(10-17)4-3-5-14(15)16/h3-5,10-11,13H,2,6-9H2,1H3. The molecule has 0 amide bonds. The Morgan fingerprint density at radius 3 is 2.67 bits per heavy atom. The highest BCUT2D eigenvalue weighted by atomic mass is 35.5. The quantitative estimate of drug-likeness (QED) is 0.750. The van der Waals surface area contributed by atoms with Crippen molar-refractivity contribution in [3.63, 3.8) is 0 Å². The second kappa shape index (κ2) is 6.24. The highest BCUT2D eigenvalue weighted by Gasteiger charge is 2.22. The van der Waals surface area contributed by atoms with E-state index in [1.807, 2.05) is 0 Å². The van der Waals surface area contributed by atoms with Gasteiger partial charge in [-0.2, -0.15) is 0 Å². The highest BCUT2D eigenvalue weighted by Crippen LogP contribution is 2.33. The fraction of sp³-hybridized carbons (Fsp3) is 0.533. The van der Waals surface area contributed by atoms with Crippen molar-refractivity contribution >= 4 is 17.9 Å². The molecule has 0 saturated heterocycles. The molecule has 0 spiro atoms. The normalized spacial score (nSPS) is 23.7. The van der Waals surface area contributed by atoms with Crippen LogP contribution in [0.2, 0.25) is 5.02 Å². The maximum Gasteiger partial charge on any atom is 0.153 e. The van der Waals surface area contributed by atoms with Crippen LogP contribution in [0.4, 0.5) is 0 Å². The first-order valence-electron chi connectivity index (χ1n) is 6.65. The van der Waals surface area contributed by atoms with E-state index in [0.717, 1.165) is 25.0 Å². The molecule has 0 unspecified atom stereocenters. The number of hydrogen-bond donors (Lipinski definition) is 0. The van der Waals surface area contributed by atoms with Crippen molar-refractivity contribution in [3.05, 3.63) is 28.8 Å². The van der Waals surface area contributed by atoms with Crippen molar-refractivity contribution < 1.29 is 9.53 Å². The van der Waals surface area contributed by atoms with Gasteiger partial charge in [0.05, 0.1) is 16.7 Å². The van der Waals surface area contributed by atoms with Gasteiger partial charge in [-0.05, 0) is 43.7 Å². The van der Waals surface area contributed by atoms with Crippen LogP contribution in [0.15, 0.2) is 18.2 Å². The lowest BCUT2D eigenvalue weighted by Gasteiger charge is -2.28. The summed E-state index contributed by atoms with van der Waals surface area (Å²) in [6.07, 6.45) is 6.79. The van der Waals surface area contributed by atoms with Crippen LogP contribution in [0.1, 0.15) is 49.4 Å². The molecular formula is C15H19ClO2. The van der Waals surface area contributed by atoms with Gasteiger partial charge in [-0.1, -0.05) is 31.0 Å². The van der Waals surface area contributed by atoms with Crippen molar-refractivity contribution in [1.82, 2.24) is 0 Å². The fourth-order valence-corrected chi connectivity index (χ4v) is 2.79. The molecule has 0 aliphatic heterocycles. The average molecular weight is 267 g/mol. The van der Waals surface area contributed by atoms with Crippen LogP contribution in [-0.2, 0) is 0 Å². The number of carbonyl (C=O) groups excluding carboxylic acids is 1. The largest absolute Gasteiger partial charge is 0.488 e. The van der Waals surface area contributed by atoms with E-state index in [0.29, 0.717) is 16.3 Å². The summed E-state index contributed by atoms with van der Waals surface area (Å²) in [5.41, 5.74) is 0.542. The molecule has 0 heterocycles.